The molecule has 0 saturated heterocycles. The molecule has 0 aromatic carbocycles. The summed E-state index contributed by atoms with van der Waals surface area (Å²) in [4.78, 5) is 12.8. The van der Waals surface area contributed by atoms with Crippen LogP contribution in [0.4, 0.5) is 11.6 Å². The van der Waals surface area contributed by atoms with Gasteiger partial charge in [-0.1, -0.05) is 6.92 Å². The third-order valence-corrected chi connectivity index (χ3v) is 3.16. The van der Waals surface area contributed by atoms with E-state index in [0.717, 1.165) is 28.8 Å². The van der Waals surface area contributed by atoms with Crippen LogP contribution in [0, 0.1) is 6.92 Å². The van der Waals surface area contributed by atoms with Crippen molar-refractivity contribution in [3.8, 4) is 0 Å². The van der Waals surface area contributed by atoms with Gasteiger partial charge in [-0.15, -0.1) is 11.3 Å². The third-order valence-electron chi connectivity index (χ3n) is 2.20. The van der Waals surface area contributed by atoms with Crippen molar-refractivity contribution in [1.29, 1.82) is 0 Å². The molecular formula is C11H15N5S. The summed E-state index contributed by atoms with van der Waals surface area (Å²) in [5.74, 6) is 2.00. The number of aromatic nitrogens is 3. The molecule has 0 aliphatic rings. The number of nitrogen functional groups attached to an aromatic ring is 1. The lowest BCUT2D eigenvalue weighted by molar-refractivity contribution is 0.935. The van der Waals surface area contributed by atoms with Gasteiger partial charge in [0.05, 0.1) is 6.54 Å². The summed E-state index contributed by atoms with van der Waals surface area (Å²) in [6, 6.07) is 1.74. The number of nitrogens with zero attached hydrogens (tertiary/aromatic N) is 3. The van der Waals surface area contributed by atoms with Crippen LogP contribution in [0.25, 0.3) is 0 Å². The van der Waals surface area contributed by atoms with Crippen molar-refractivity contribution in [3.63, 3.8) is 0 Å². The highest BCUT2D eigenvalue weighted by molar-refractivity contribution is 7.09. The molecule has 5 nitrogen and oxygen atoms in total. The molecule has 2 aromatic heterocycles. The van der Waals surface area contributed by atoms with E-state index >= 15 is 0 Å². The molecule has 0 fully saturated rings. The summed E-state index contributed by atoms with van der Waals surface area (Å²) in [6.07, 6.45) is 0.774. The highest BCUT2D eigenvalue weighted by atomic mass is 32.1. The maximum absolute atomic E-state index is 5.70. The van der Waals surface area contributed by atoms with Crippen LogP contribution in [0.2, 0.25) is 0 Å². The number of aryl methyl sites for hydroxylation is 2. The van der Waals surface area contributed by atoms with Crippen molar-refractivity contribution in [1.82, 2.24) is 15.0 Å². The van der Waals surface area contributed by atoms with Crippen LogP contribution in [0.3, 0.4) is 0 Å². The predicted octanol–water partition coefficient (Wildman–Crippen LogP) is 2.00. The van der Waals surface area contributed by atoms with Crippen LogP contribution in [-0.2, 0) is 13.0 Å². The second-order valence-corrected chi connectivity index (χ2v) is 4.63. The molecule has 90 valence electrons. The Morgan fingerprint density at radius 2 is 2.18 bits per heavy atom. The molecule has 0 radical (unpaired) electrons. The Morgan fingerprint density at radius 3 is 2.82 bits per heavy atom. The Labute approximate surface area is 104 Å². The van der Waals surface area contributed by atoms with Gasteiger partial charge in [0.15, 0.2) is 0 Å². The van der Waals surface area contributed by atoms with Crippen LogP contribution in [0.5, 0.6) is 0 Å². The van der Waals surface area contributed by atoms with Gasteiger partial charge in [0.2, 0.25) is 0 Å². The Kier molecular flexibility index (Phi) is 3.53. The first-order chi connectivity index (χ1) is 8.17. The van der Waals surface area contributed by atoms with Crippen molar-refractivity contribution in [2.45, 2.75) is 26.8 Å². The number of anilines is 2. The molecule has 0 unspecified atom stereocenters. The molecule has 17 heavy (non-hydrogen) atoms. The van der Waals surface area contributed by atoms with Gasteiger partial charge in [-0.25, -0.2) is 15.0 Å². The van der Waals surface area contributed by atoms with Gasteiger partial charge in [0.1, 0.15) is 22.5 Å². The minimum atomic E-state index is 0.495. The first-order valence-electron chi connectivity index (χ1n) is 5.45. The van der Waals surface area contributed by atoms with Crippen LogP contribution in [0.15, 0.2) is 11.4 Å². The molecule has 0 spiro atoms. The zero-order valence-electron chi connectivity index (χ0n) is 9.90. The number of nitrogens with one attached hydrogen (secondary N) is 1. The van der Waals surface area contributed by atoms with Crippen molar-refractivity contribution >= 4 is 23.0 Å². The summed E-state index contributed by atoms with van der Waals surface area (Å²) in [6.45, 7) is 4.65. The van der Waals surface area contributed by atoms with E-state index in [-0.39, 0.29) is 0 Å². The highest BCUT2D eigenvalue weighted by Gasteiger charge is 2.02. The van der Waals surface area contributed by atoms with Crippen molar-refractivity contribution in [2.24, 2.45) is 0 Å². The van der Waals surface area contributed by atoms with Crippen molar-refractivity contribution < 1.29 is 0 Å². The molecule has 0 aliphatic carbocycles. The Balaban J connectivity index is 2.05. The summed E-state index contributed by atoms with van der Waals surface area (Å²) in [7, 11) is 0. The fourth-order valence-electron chi connectivity index (χ4n) is 1.42. The van der Waals surface area contributed by atoms with Crippen LogP contribution >= 0.6 is 11.3 Å². The zero-order valence-corrected chi connectivity index (χ0v) is 10.7. The fourth-order valence-corrected chi connectivity index (χ4v) is 2.13. The van der Waals surface area contributed by atoms with E-state index in [2.05, 4.69) is 20.3 Å². The zero-order chi connectivity index (χ0) is 12.3. The SMILES string of the molecule is CCc1nc(N)cc(NCc2nc(C)cs2)n1. The lowest BCUT2D eigenvalue weighted by atomic mass is 10.4. The first-order valence-corrected chi connectivity index (χ1v) is 6.33. The van der Waals surface area contributed by atoms with Gasteiger partial charge < -0.3 is 11.1 Å². The molecule has 2 rings (SSSR count). The normalized spacial score (nSPS) is 10.5. The standard InChI is InChI=1S/C11H15N5S/c1-3-9-15-8(12)4-10(16-9)13-5-11-14-7(2)6-17-11/h4,6H,3,5H2,1-2H3,(H3,12,13,15,16). The second-order valence-electron chi connectivity index (χ2n) is 3.68. The molecular weight excluding hydrogens is 234 g/mol. The summed E-state index contributed by atoms with van der Waals surface area (Å²) < 4.78 is 0. The lowest BCUT2D eigenvalue weighted by Gasteiger charge is -2.05. The summed E-state index contributed by atoms with van der Waals surface area (Å²) in [5.41, 5.74) is 6.75. The van der Waals surface area contributed by atoms with E-state index in [9.17, 15) is 0 Å². The van der Waals surface area contributed by atoms with Crippen molar-refractivity contribution in [2.75, 3.05) is 11.1 Å². The van der Waals surface area contributed by atoms with Gasteiger partial charge >= 0.3 is 0 Å². The minimum absolute atomic E-state index is 0.495. The van der Waals surface area contributed by atoms with Crippen molar-refractivity contribution in [3.05, 3.63) is 28.0 Å². The summed E-state index contributed by atoms with van der Waals surface area (Å²) >= 11 is 1.63. The molecule has 3 N–H and O–H groups in total. The molecule has 2 heterocycles. The van der Waals surface area contributed by atoms with E-state index in [0.29, 0.717) is 12.4 Å². The first kappa shape index (κ1) is 11.8. The maximum atomic E-state index is 5.70. The summed E-state index contributed by atoms with van der Waals surface area (Å²) in [5, 5.41) is 6.28. The Morgan fingerprint density at radius 1 is 1.35 bits per heavy atom. The van der Waals surface area contributed by atoms with Crippen LogP contribution < -0.4 is 11.1 Å². The predicted molar refractivity (Wildman–Crippen MR) is 70.0 cm³/mol. The Bertz CT molecular complexity index is 508. The fraction of sp³-hybridized carbons (Fsp3) is 0.364. The lowest BCUT2D eigenvalue weighted by Crippen LogP contribution is -2.06. The number of nitrogens with two attached hydrogens (primary N) is 1. The molecule has 6 heteroatoms. The van der Waals surface area contributed by atoms with Gasteiger partial charge in [0.25, 0.3) is 0 Å². The second kappa shape index (κ2) is 5.09. The quantitative estimate of drug-likeness (QED) is 0.866. The van der Waals surface area contributed by atoms with Gasteiger partial charge in [-0.05, 0) is 6.92 Å². The van der Waals surface area contributed by atoms with E-state index in [4.69, 9.17) is 5.73 Å². The molecule has 0 saturated carbocycles. The van der Waals surface area contributed by atoms with Gasteiger partial charge in [-0.2, -0.15) is 0 Å². The van der Waals surface area contributed by atoms with E-state index < -0.39 is 0 Å². The maximum Gasteiger partial charge on any atom is 0.132 e. The molecule has 2 aromatic rings. The monoisotopic (exact) mass is 249 g/mol. The average Bonchev–Trinajstić information content (AvgIpc) is 2.72. The molecule has 0 amide bonds. The van der Waals surface area contributed by atoms with Crippen LogP contribution in [0.1, 0.15) is 23.4 Å². The third kappa shape index (κ3) is 3.13. The van der Waals surface area contributed by atoms with Gasteiger partial charge in [0, 0.05) is 23.6 Å². The van der Waals surface area contributed by atoms with Gasteiger partial charge in [-0.3, -0.25) is 0 Å². The molecule has 0 atom stereocenters. The Hall–Kier alpha value is -1.69. The minimum Gasteiger partial charge on any atom is -0.384 e. The topological polar surface area (TPSA) is 76.7 Å². The van der Waals surface area contributed by atoms with E-state index in [1.807, 2.05) is 19.2 Å². The number of thiazole rings is 1. The average molecular weight is 249 g/mol. The number of hydrogen-bond acceptors (Lipinski definition) is 6. The van der Waals surface area contributed by atoms with E-state index in [1.165, 1.54) is 0 Å². The molecule has 0 aliphatic heterocycles. The van der Waals surface area contributed by atoms with E-state index in [1.54, 1.807) is 17.4 Å². The van der Waals surface area contributed by atoms with Crippen LogP contribution in [-0.4, -0.2) is 15.0 Å². The molecule has 0 bridgehead atoms. The highest BCUT2D eigenvalue weighted by Crippen LogP contribution is 2.13. The number of rotatable bonds is 4. The smallest absolute Gasteiger partial charge is 0.132 e. The number of hydrogen-bond donors (Lipinski definition) is 2. The largest absolute Gasteiger partial charge is 0.384 e.